The molecule has 3 aromatic rings. The first-order chi connectivity index (χ1) is 12.7. The zero-order valence-electron chi connectivity index (χ0n) is 15.8. The molecular weight excluding hydrogens is 366 g/mol. The van der Waals surface area contributed by atoms with Gasteiger partial charge in [0.15, 0.2) is 0 Å². The SMILES string of the molecule is Cc1oc(C)c(S(=O)(=O)N(C)C)c1C(=O)NCCc1c[nH]c2ccccc12. The van der Waals surface area contributed by atoms with Crippen LogP contribution in [0.3, 0.4) is 0 Å². The summed E-state index contributed by atoms with van der Waals surface area (Å²) in [7, 11) is -0.933. The fraction of sp³-hybridized carbons (Fsp3) is 0.316. The average molecular weight is 389 g/mol. The normalized spacial score (nSPS) is 12.0. The van der Waals surface area contributed by atoms with Crippen molar-refractivity contribution in [3.05, 3.63) is 53.1 Å². The number of nitrogens with zero attached hydrogens (tertiary/aromatic N) is 1. The first kappa shape index (κ1) is 19.2. The second-order valence-electron chi connectivity index (χ2n) is 6.57. The Balaban J connectivity index is 1.79. The molecule has 0 atom stereocenters. The van der Waals surface area contributed by atoms with Crippen molar-refractivity contribution >= 4 is 26.8 Å². The molecule has 1 aromatic carbocycles. The minimum atomic E-state index is -3.79. The van der Waals surface area contributed by atoms with Crippen molar-refractivity contribution in [3.63, 3.8) is 0 Å². The molecule has 0 radical (unpaired) electrons. The number of hydrogen-bond acceptors (Lipinski definition) is 4. The number of carbonyl (C=O) groups excluding carboxylic acids is 1. The molecule has 0 aliphatic heterocycles. The van der Waals surface area contributed by atoms with Gasteiger partial charge in [-0.3, -0.25) is 4.79 Å². The van der Waals surface area contributed by atoms with Crippen molar-refractivity contribution in [2.24, 2.45) is 0 Å². The molecular formula is C19H23N3O4S. The Morgan fingerprint density at radius 2 is 1.89 bits per heavy atom. The Kier molecular flexibility index (Phi) is 5.12. The summed E-state index contributed by atoms with van der Waals surface area (Å²) in [5, 5.41) is 3.92. The van der Waals surface area contributed by atoms with E-state index in [-0.39, 0.29) is 22.0 Å². The van der Waals surface area contributed by atoms with E-state index in [9.17, 15) is 13.2 Å². The Morgan fingerprint density at radius 3 is 2.59 bits per heavy atom. The third-order valence-electron chi connectivity index (χ3n) is 4.53. The average Bonchev–Trinajstić information content (AvgIpc) is 3.15. The van der Waals surface area contributed by atoms with Crippen LogP contribution in [0.25, 0.3) is 10.9 Å². The van der Waals surface area contributed by atoms with Crippen LogP contribution in [0.2, 0.25) is 0 Å². The Morgan fingerprint density at radius 1 is 1.19 bits per heavy atom. The van der Waals surface area contributed by atoms with Gasteiger partial charge in [0, 0.05) is 37.7 Å². The predicted molar refractivity (Wildman–Crippen MR) is 103 cm³/mol. The highest BCUT2D eigenvalue weighted by atomic mass is 32.2. The molecule has 2 aromatic heterocycles. The monoisotopic (exact) mass is 389 g/mol. The number of amides is 1. The van der Waals surface area contributed by atoms with E-state index in [0.717, 1.165) is 20.8 Å². The smallest absolute Gasteiger partial charge is 0.256 e. The predicted octanol–water partition coefficient (Wildman–Crippen LogP) is 2.60. The molecule has 0 bridgehead atoms. The highest BCUT2D eigenvalue weighted by molar-refractivity contribution is 7.89. The molecule has 1 amide bonds. The van der Waals surface area contributed by atoms with Gasteiger partial charge in [0.1, 0.15) is 22.0 Å². The fourth-order valence-electron chi connectivity index (χ4n) is 3.16. The molecule has 0 saturated heterocycles. The minimum Gasteiger partial charge on any atom is -0.464 e. The molecule has 2 heterocycles. The molecule has 0 unspecified atom stereocenters. The van der Waals surface area contributed by atoms with Crippen LogP contribution < -0.4 is 5.32 Å². The highest BCUT2D eigenvalue weighted by Gasteiger charge is 2.32. The number of hydrogen-bond donors (Lipinski definition) is 2. The summed E-state index contributed by atoms with van der Waals surface area (Å²) in [5.74, 6) is 0.0464. The molecule has 27 heavy (non-hydrogen) atoms. The van der Waals surface area contributed by atoms with E-state index in [2.05, 4.69) is 10.3 Å². The number of para-hydroxylation sites is 1. The summed E-state index contributed by atoms with van der Waals surface area (Å²) < 4.78 is 31.7. The summed E-state index contributed by atoms with van der Waals surface area (Å²) in [6, 6.07) is 7.94. The van der Waals surface area contributed by atoms with Gasteiger partial charge < -0.3 is 14.7 Å². The lowest BCUT2D eigenvalue weighted by Crippen LogP contribution is -2.30. The van der Waals surface area contributed by atoms with E-state index in [1.165, 1.54) is 14.1 Å². The van der Waals surface area contributed by atoms with Crippen LogP contribution in [0, 0.1) is 13.8 Å². The first-order valence-corrected chi connectivity index (χ1v) is 10.0. The Hall–Kier alpha value is -2.58. The third kappa shape index (κ3) is 3.50. The maximum Gasteiger partial charge on any atom is 0.256 e. The lowest BCUT2D eigenvalue weighted by Gasteiger charge is -2.12. The molecule has 0 saturated carbocycles. The van der Waals surface area contributed by atoms with Gasteiger partial charge in [-0.25, -0.2) is 12.7 Å². The number of benzene rings is 1. The van der Waals surface area contributed by atoms with Crippen molar-refractivity contribution < 1.29 is 17.6 Å². The van der Waals surface area contributed by atoms with Crippen LogP contribution in [0.5, 0.6) is 0 Å². The molecule has 0 spiro atoms. The maximum atomic E-state index is 12.7. The molecule has 144 valence electrons. The first-order valence-electron chi connectivity index (χ1n) is 8.59. The molecule has 0 aliphatic rings. The van der Waals surface area contributed by atoms with Crippen molar-refractivity contribution in [1.82, 2.24) is 14.6 Å². The van der Waals surface area contributed by atoms with E-state index in [1.807, 2.05) is 30.5 Å². The number of aryl methyl sites for hydroxylation is 2. The van der Waals surface area contributed by atoms with Crippen LogP contribution >= 0.6 is 0 Å². The molecule has 3 rings (SSSR count). The second kappa shape index (κ2) is 7.21. The maximum absolute atomic E-state index is 12.7. The molecule has 8 heteroatoms. The molecule has 0 aliphatic carbocycles. The van der Waals surface area contributed by atoms with Crippen molar-refractivity contribution in [2.45, 2.75) is 25.2 Å². The van der Waals surface area contributed by atoms with Crippen LogP contribution in [0.15, 0.2) is 39.8 Å². The van der Waals surface area contributed by atoms with Crippen molar-refractivity contribution in [2.75, 3.05) is 20.6 Å². The number of carbonyl (C=O) groups is 1. The van der Waals surface area contributed by atoms with E-state index >= 15 is 0 Å². The number of fused-ring (bicyclic) bond motifs is 1. The number of aromatic amines is 1. The fourth-order valence-corrected chi connectivity index (χ4v) is 4.42. The van der Waals surface area contributed by atoms with Gasteiger partial charge in [-0.05, 0) is 31.9 Å². The Labute approximate surface area is 158 Å². The van der Waals surface area contributed by atoms with E-state index < -0.39 is 15.9 Å². The molecule has 2 N–H and O–H groups in total. The van der Waals surface area contributed by atoms with Crippen LogP contribution in [0.1, 0.15) is 27.4 Å². The number of H-pyrrole nitrogens is 1. The number of furan rings is 1. The zero-order valence-corrected chi connectivity index (χ0v) is 16.6. The summed E-state index contributed by atoms with van der Waals surface area (Å²) in [6.45, 7) is 3.52. The van der Waals surface area contributed by atoms with E-state index in [4.69, 9.17) is 4.42 Å². The number of sulfonamides is 1. The number of aromatic nitrogens is 1. The summed E-state index contributed by atoms with van der Waals surface area (Å²) in [5.41, 5.74) is 2.20. The largest absolute Gasteiger partial charge is 0.464 e. The van der Waals surface area contributed by atoms with E-state index in [1.54, 1.807) is 13.8 Å². The Bertz CT molecular complexity index is 1090. The van der Waals surface area contributed by atoms with Gasteiger partial charge in [0.25, 0.3) is 5.91 Å². The van der Waals surface area contributed by atoms with Crippen molar-refractivity contribution in [1.29, 1.82) is 0 Å². The van der Waals surface area contributed by atoms with Crippen LogP contribution in [-0.4, -0.2) is 44.3 Å². The summed E-state index contributed by atoms with van der Waals surface area (Å²) in [4.78, 5) is 15.8. The van der Waals surface area contributed by atoms with Gasteiger partial charge in [-0.15, -0.1) is 0 Å². The second-order valence-corrected chi connectivity index (χ2v) is 8.66. The standard InChI is InChI=1S/C19H23N3O4S/c1-12-17(18(13(2)26-12)27(24,25)22(3)4)19(23)20-10-9-14-11-21-16-8-6-5-7-15(14)16/h5-8,11,21H,9-10H2,1-4H3,(H,20,23). The summed E-state index contributed by atoms with van der Waals surface area (Å²) >= 11 is 0. The molecule has 0 fully saturated rings. The van der Waals surface area contributed by atoms with Gasteiger partial charge >= 0.3 is 0 Å². The zero-order chi connectivity index (χ0) is 19.8. The number of nitrogens with one attached hydrogen (secondary N) is 2. The molecule has 7 nitrogen and oxygen atoms in total. The van der Waals surface area contributed by atoms with E-state index in [0.29, 0.717) is 13.0 Å². The minimum absolute atomic E-state index is 0.0696. The lowest BCUT2D eigenvalue weighted by atomic mass is 10.1. The van der Waals surface area contributed by atoms with Gasteiger partial charge in [0.05, 0.1) is 0 Å². The topological polar surface area (TPSA) is 95.4 Å². The van der Waals surface area contributed by atoms with Gasteiger partial charge in [-0.2, -0.15) is 0 Å². The van der Waals surface area contributed by atoms with Crippen LogP contribution in [-0.2, 0) is 16.4 Å². The third-order valence-corrected chi connectivity index (χ3v) is 6.49. The lowest BCUT2D eigenvalue weighted by molar-refractivity contribution is 0.0949. The van der Waals surface area contributed by atoms with Crippen molar-refractivity contribution in [3.8, 4) is 0 Å². The highest BCUT2D eigenvalue weighted by Crippen LogP contribution is 2.28. The van der Waals surface area contributed by atoms with Gasteiger partial charge in [0.2, 0.25) is 10.0 Å². The number of rotatable bonds is 6. The van der Waals surface area contributed by atoms with Crippen LogP contribution in [0.4, 0.5) is 0 Å². The summed E-state index contributed by atoms with van der Waals surface area (Å²) in [6.07, 6.45) is 2.55. The van der Waals surface area contributed by atoms with Gasteiger partial charge in [-0.1, -0.05) is 18.2 Å². The quantitative estimate of drug-likeness (QED) is 0.677.